The van der Waals surface area contributed by atoms with Crippen molar-refractivity contribution in [2.45, 2.75) is 25.1 Å². The maximum Gasteiger partial charge on any atom is 0.0840 e. The predicted molar refractivity (Wildman–Crippen MR) is 62.5 cm³/mol. The van der Waals surface area contributed by atoms with Gasteiger partial charge in [-0.05, 0) is 17.9 Å². The molecule has 1 saturated carbocycles. The monoisotopic (exact) mass is 206 g/mol. The van der Waals surface area contributed by atoms with Crippen molar-refractivity contribution in [3.63, 3.8) is 0 Å². The van der Waals surface area contributed by atoms with Crippen LogP contribution in [0.3, 0.4) is 0 Å². The highest BCUT2D eigenvalue weighted by Gasteiger charge is 2.48. The Morgan fingerprint density at radius 1 is 1.29 bits per heavy atom. The second-order valence-corrected chi connectivity index (χ2v) is 9.63. The van der Waals surface area contributed by atoms with E-state index in [1.165, 1.54) is 11.6 Å². The van der Waals surface area contributed by atoms with Gasteiger partial charge in [-0.15, -0.1) is 0 Å². The molecule has 1 aromatic carbocycles. The van der Waals surface area contributed by atoms with Crippen LogP contribution in [0.2, 0.25) is 18.6 Å². The Morgan fingerprint density at radius 3 is 2.43 bits per heavy atom. The molecule has 1 aliphatic carbocycles. The van der Waals surface area contributed by atoms with Gasteiger partial charge in [0.2, 0.25) is 0 Å². The minimum atomic E-state index is -1.29. The highest BCUT2D eigenvalue weighted by atomic mass is 28.3. The van der Waals surface area contributed by atoms with E-state index in [-0.39, 0.29) is 0 Å². The van der Waals surface area contributed by atoms with Crippen LogP contribution in [0.1, 0.15) is 6.42 Å². The minimum Gasteiger partial charge on any atom is -0.396 e. The van der Waals surface area contributed by atoms with Gasteiger partial charge in [0, 0.05) is 6.61 Å². The molecule has 2 rings (SSSR count). The van der Waals surface area contributed by atoms with Gasteiger partial charge in [-0.25, -0.2) is 0 Å². The smallest absolute Gasteiger partial charge is 0.0840 e. The Bertz CT molecular complexity index is 307. The van der Waals surface area contributed by atoms with Gasteiger partial charge in [0.25, 0.3) is 0 Å². The highest BCUT2D eigenvalue weighted by molar-refractivity contribution is 6.91. The number of hydrogen-bond acceptors (Lipinski definition) is 1. The lowest BCUT2D eigenvalue weighted by molar-refractivity contribution is 0.276. The summed E-state index contributed by atoms with van der Waals surface area (Å²) in [6.07, 6.45) is 1.24. The van der Waals surface area contributed by atoms with Crippen LogP contribution >= 0.6 is 0 Å². The first-order valence-corrected chi connectivity index (χ1v) is 8.40. The van der Waals surface area contributed by atoms with Crippen LogP contribution in [0.4, 0.5) is 0 Å². The van der Waals surface area contributed by atoms with Crippen LogP contribution in [-0.2, 0) is 0 Å². The summed E-state index contributed by atoms with van der Waals surface area (Å²) in [6.45, 7) is 5.22. The van der Waals surface area contributed by atoms with Gasteiger partial charge in [-0.1, -0.05) is 48.6 Å². The van der Waals surface area contributed by atoms with Gasteiger partial charge in [0.05, 0.1) is 8.07 Å². The lowest BCUT2D eigenvalue weighted by Crippen LogP contribution is -2.42. The molecular weight excluding hydrogens is 188 g/mol. The lowest BCUT2D eigenvalue weighted by atomic mass is 10.4. The van der Waals surface area contributed by atoms with E-state index in [4.69, 9.17) is 5.11 Å². The number of aliphatic hydroxyl groups is 1. The van der Waals surface area contributed by atoms with Crippen LogP contribution < -0.4 is 5.19 Å². The van der Waals surface area contributed by atoms with Gasteiger partial charge in [0.1, 0.15) is 0 Å². The van der Waals surface area contributed by atoms with Gasteiger partial charge < -0.3 is 5.11 Å². The van der Waals surface area contributed by atoms with E-state index in [0.717, 1.165) is 5.54 Å². The van der Waals surface area contributed by atoms with Crippen molar-refractivity contribution in [3.8, 4) is 0 Å². The molecule has 2 heteroatoms. The van der Waals surface area contributed by atoms with Crippen LogP contribution in [0.15, 0.2) is 30.3 Å². The molecule has 0 amide bonds. The molecule has 0 heterocycles. The van der Waals surface area contributed by atoms with E-state index in [9.17, 15) is 0 Å². The van der Waals surface area contributed by atoms with Crippen molar-refractivity contribution in [2.24, 2.45) is 5.92 Å². The zero-order chi connectivity index (χ0) is 10.2. The molecule has 14 heavy (non-hydrogen) atoms. The molecule has 1 aromatic rings. The van der Waals surface area contributed by atoms with Gasteiger partial charge in [-0.3, -0.25) is 0 Å². The topological polar surface area (TPSA) is 20.2 Å². The van der Waals surface area contributed by atoms with E-state index >= 15 is 0 Å². The van der Waals surface area contributed by atoms with Crippen LogP contribution in [0, 0.1) is 5.92 Å². The Hall–Kier alpha value is -0.603. The molecule has 0 bridgehead atoms. The average Bonchev–Trinajstić information content (AvgIpc) is 2.98. The minimum absolute atomic E-state index is 0.383. The molecule has 0 spiro atoms. The number of benzene rings is 1. The number of hydrogen-bond donors (Lipinski definition) is 1. The van der Waals surface area contributed by atoms with Crippen molar-refractivity contribution in [2.75, 3.05) is 6.61 Å². The highest BCUT2D eigenvalue weighted by Crippen LogP contribution is 2.50. The molecule has 0 aromatic heterocycles. The molecule has 2 atom stereocenters. The SMILES string of the molecule is C[Si](C)(c1ccccc1)[C@H]1C[C@@H]1CO. The second kappa shape index (κ2) is 3.52. The molecule has 1 nitrogen and oxygen atoms in total. The third-order valence-electron chi connectivity index (χ3n) is 3.60. The van der Waals surface area contributed by atoms with Crippen LogP contribution in [0.25, 0.3) is 0 Å². The standard InChI is InChI=1S/C12H18OSi/c1-14(2,12-8-10(12)9-13)11-6-4-3-5-7-11/h3-7,10,12-13H,8-9H2,1-2H3/t10-,12+/m1/s1. The molecule has 1 N–H and O–H groups in total. The first kappa shape index (κ1) is 9.93. The van der Waals surface area contributed by atoms with Crippen LogP contribution in [-0.4, -0.2) is 19.8 Å². The largest absolute Gasteiger partial charge is 0.396 e. The molecule has 1 fully saturated rings. The third-order valence-corrected chi connectivity index (χ3v) is 7.98. The van der Waals surface area contributed by atoms with Crippen molar-refractivity contribution >= 4 is 13.3 Å². The molecule has 0 unspecified atom stereocenters. The zero-order valence-electron chi connectivity index (χ0n) is 8.90. The van der Waals surface area contributed by atoms with E-state index < -0.39 is 8.07 Å². The molecular formula is C12H18OSi. The fraction of sp³-hybridized carbons (Fsp3) is 0.500. The third kappa shape index (κ3) is 1.64. The Morgan fingerprint density at radius 2 is 1.93 bits per heavy atom. The second-order valence-electron chi connectivity index (χ2n) is 4.87. The molecule has 76 valence electrons. The summed E-state index contributed by atoms with van der Waals surface area (Å²) in [5.74, 6) is 0.594. The molecule has 0 radical (unpaired) electrons. The summed E-state index contributed by atoms with van der Waals surface area (Å²) in [7, 11) is -1.29. The van der Waals surface area contributed by atoms with Gasteiger partial charge in [-0.2, -0.15) is 0 Å². The van der Waals surface area contributed by atoms with Gasteiger partial charge in [0.15, 0.2) is 0 Å². The van der Waals surface area contributed by atoms with Crippen molar-refractivity contribution in [1.82, 2.24) is 0 Å². The van der Waals surface area contributed by atoms with E-state index in [1.807, 2.05) is 0 Å². The van der Waals surface area contributed by atoms with E-state index in [1.54, 1.807) is 0 Å². The first-order valence-electron chi connectivity index (χ1n) is 5.32. The van der Waals surface area contributed by atoms with Crippen LogP contribution in [0.5, 0.6) is 0 Å². The summed E-state index contributed by atoms with van der Waals surface area (Å²) < 4.78 is 0. The van der Waals surface area contributed by atoms with Crippen molar-refractivity contribution < 1.29 is 5.11 Å². The maximum absolute atomic E-state index is 9.11. The fourth-order valence-corrected chi connectivity index (χ4v) is 6.07. The number of rotatable bonds is 3. The Kier molecular flexibility index (Phi) is 2.50. The molecule has 0 saturated heterocycles. The zero-order valence-corrected chi connectivity index (χ0v) is 9.90. The average molecular weight is 206 g/mol. The Balaban J connectivity index is 2.17. The molecule has 1 aliphatic rings. The summed E-state index contributed by atoms with van der Waals surface area (Å²) in [5, 5.41) is 10.6. The first-order chi connectivity index (χ1) is 6.66. The number of aliphatic hydroxyl groups excluding tert-OH is 1. The fourth-order valence-electron chi connectivity index (χ4n) is 2.42. The van der Waals surface area contributed by atoms with Gasteiger partial charge >= 0.3 is 0 Å². The predicted octanol–water partition coefficient (Wildman–Crippen LogP) is 1.98. The quantitative estimate of drug-likeness (QED) is 0.750. The lowest BCUT2D eigenvalue weighted by Gasteiger charge is -2.23. The van der Waals surface area contributed by atoms with Crippen molar-refractivity contribution in [1.29, 1.82) is 0 Å². The van der Waals surface area contributed by atoms with Crippen molar-refractivity contribution in [3.05, 3.63) is 30.3 Å². The summed E-state index contributed by atoms with van der Waals surface area (Å²) in [5.41, 5.74) is 0.801. The normalized spacial score (nSPS) is 26.2. The van der Waals surface area contributed by atoms with E-state index in [2.05, 4.69) is 43.4 Å². The summed E-state index contributed by atoms with van der Waals surface area (Å²) >= 11 is 0. The Labute approximate surface area is 86.8 Å². The molecule has 0 aliphatic heterocycles. The maximum atomic E-state index is 9.11. The summed E-state index contributed by atoms with van der Waals surface area (Å²) in [6, 6.07) is 10.8. The van der Waals surface area contributed by atoms with E-state index in [0.29, 0.717) is 12.5 Å². The summed E-state index contributed by atoms with van der Waals surface area (Å²) in [4.78, 5) is 0.